The van der Waals surface area contributed by atoms with Gasteiger partial charge in [-0.2, -0.15) is 0 Å². The molecule has 0 aliphatic heterocycles. The Morgan fingerprint density at radius 2 is 2.15 bits per heavy atom. The van der Waals surface area contributed by atoms with Crippen molar-refractivity contribution in [3.8, 4) is 0 Å². The molecule has 106 valence electrons. The summed E-state index contributed by atoms with van der Waals surface area (Å²) in [5.41, 5.74) is 8.48. The lowest BCUT2D eigenvalue weighted by Crippen LogP contribution is -2.38. The molecule has 0 fully saturated rings. The first-order chi connectivity index (χ1) is 9.74. The molecule has 1 aliphatic rings. The van der Waals surface area contributed by atoms with Gasteiger partial charge in [-0.05, 0) is 49.3 Å². The van der Waals surface area contributed by atoms with E-state index < -0.39 is 0 Å². The molecule has 0 saturated heterocycles. The van der Waals surface area contributed by atoms with E-state index in [4.69, 9.17) is 5.84 Å². The minimum absolute atomic E-state index is 0.250. The maximum absolute atomic E-state index is 5.71. The van der Waals surface area contributed by atoms with E-state index in [1.165, 1.54) is 36.0 Å². The van der Waals surface area contributed by atoms with Gasteiger partial charge in [0, 0.05) is 23.5 Å². The third-order valence-corrected chi connectivity index (χ3v) is 4.96. The SMILES string of the molecule is Cc1csc(CC(Cc2ccc3c(c2)CCC3)NN)n1. The van der Waals surface area contributed by atoms with Crippen LogP contribution in [0.5, 0.6) is 0 Å². The molecule has 3 nitrogen and oxygen atoms in total. The monoisotopic (exact) mass is 287 g/mol. The molecule has 0 amide bonds. The number of benzene rings is 1. The van der Waals surface area contributed by atoms with E-state index in [0.29, 0.717) is 0 Å². The van der Waals surface area contributed by atoms with Crippen LogP contribution in [0.1, 0.15) is 33.8 Å². The van der Waals surface area contributed by atoms with Crippen molar-refractivity contribution in [2.75, 3.05) is 0 Å². The normalized spacial score (nSPS) is 15.3. The minimum Gasteiger partial charge on any atom is -0.271 e. The van der Waals surface area contributed by atoms with Crippen molar-refractivity contribution in [3.63, 3.8) is 0 Å². The highest BCUT2D eigenvalue weighted by Crippen LogP contribution is 2.23. The first kappa shape index (κ1) is 13.7. The number of fused-ring (bicyclic) bond motifs is 1. The Kier molecular flexibility index (Phi) is 4.15. The van der Waals surface area contributed by atoms with Crippen LogP contribution in [0, 0.1) is 6.92 Å². The molecule has 1 heterocycles. The Balaban J connectivity index is 1.68. The third-order valence-electron chi connectivity index (χ3n) is 3.97. The number of aryl methyl sites for hydroxylation is 3. The molecule has 1 aromatic carbocycles. The second kappa shape index (κ2) is 6.04. The number of nitrogens with zero attached hydrogens (tertiary/aromatic N) is 1. The molecule has 3 N–H and O–H groups in total. The van der Waals surface area contributed by atoms with E-state index in [-0.39, 0.29) is 6.04 Å². The number of nitrogens with two attached hydrogens (primary N) is 1. The van der Waals surface area contributed by atoms with Gasteiger partial charge in [-0.3, -0.25) is 11.3 Å². The molecular formula is C16H21N3S. The topological polar surface area (TPSA) is 50.9 Å². The number of hydrogen-bond donors (Lipinski definition) is 2. The second-order valence-corrected chi connectivity index (χ2v) is 6.55. The molecule has 1 aromatic heterocycles. The van der Waals surface area contributed by atoms with E-state index in [1.807, 2.05) is 6.92 Å². The summed E-state index contributed by atoms with van der Waals surface area (Å²) >= 11 is 1.72. The first-order valence-electron chi connectivity index (χ1n) is 7.22. The highest BCUT2D eigenvalue weighted by molar-refractivity contribution is 7.09. The standard InChI is InChI=1S/C16H21N3S/c1-11-10-20-16(18-11)9-15(19-17)8-12-5-6-13-3-2-4-14(13)7-12/h5-7,10,15,19H,2-4,8-9,17H2,1H3. The van der Waals surface area contributed by atoms with Gasteiger partial charge in [0.05, 0.1) is 5.01 Å². The first-order valence-corrected chi connectivity index (χ1v) is 8.10. The zero-order valence-corrected chi connectivity index (χ0v) is 12.7. The van der Waals surface area contributed by atoms with Gasteiger partial charge in [-0.25, -0.2) is 4.98 Å². The van der Waals surface area contributed by atoms with Crippen LogP contribution in [0.2, 0.25) is 0 Å². The molecule has 0 spiro atoms. The predicted octanol–water partition coefficient (Wildman–Crippen LogP) is 2.56. The number of nitrogens with one attached hydrogen (secondary N) is 1. The summed E-state index contributed by atoms with van der Waals surface area (Å²) in [6.45, 7) is 2.03. The van der Waals surface area contributed by atoms with Crippen LogP contribution >= 0.6 is 11.3 Å². The fourth-order valence-electron chi connectivity index (χ4n) is 2.93. The van der Waals surface area contributed by atoms with E-state index in [0.717, 1.165) is 23.5 Å². The van der Waals surface area contributed by atoms with Crippen LogP contribution in [0.4, 0.5) is 0 Å². The quantitative estimate of drug-likeness (QED) is 0.656. The van der Waals surface area contributed by atoms with Crippen LogP contribution in [0.25, 0.3) is 0 Å². The molecule has 1 unspecified atom stereocenters. The summed E-state index contributed by atoms with van der Waals surface area (Å²) in [5, 5.41) is 3.25. The van der Waals surface area contributed by atoms with Gasteiger partial charge in [0.15, 0.2) is 0 Å². The van der Waals surface area contributed by atoms with Gasteiger partial charge in [-0.1, -0.05) is 18.2 Å². The van der Waals surface area contributed by atoms with Crippen LogP contribution in [0.15, 0.2) is 23.6 Å². The van der Waals surface area contributed by atoms with E-state index in [1.54, 1.807) is 11.3 Å². The number of aromatic nitrogens is 1. The van der Waals surface area contributed by atoms with Crippen LogP contribution < -0.4 is 11.3 Å². The van der Waals surface area contributed by atoms with Crippen LogP contribution in [-0.2, 0) is 25.7 Å². The maximum atomic E-state index is 5.71. The lowest BCUT2D eigenvalue weighted by molar-refractivity contribution is 0.521. The summed E-state index contributed by atoms with van der Waals surface area (Å²) in [6.07, 6.45) is 5.63. The molecular weight excluding hydrogens is 266 g/mol. The molecule has 0 saturated carbocycles. The van der Waals surface area contributed by atoms with Gasteiger partial charge >= 0.3 is 0 Å². The van der Waals surface area contributed by atoms with Crippen molar-refractivity contribution in [1.82, 2.24) is 10.4 Å². The lowest BCUT2D eigenvalue weighted by atomic mass is 10.00. The van der Waals surface area contributed by atoms with Gasteiger partial charge in [0.25, 0.3) is 0 Å². The average Bonchev–Trinajstić information content (AvgIpc) is 3.06. The maximum Gasteiger partial charge on any atom is 0.0944 e. The highest BCUT2D eigenvalue weighted by Gasteiger charge is 2.14. The van der Waals surface area contributed by atoms with E-state index >= 15 is 0 Å². The number of hydrazine groups is 1. The van der Waals surface area contributed by atoms with Crippen molar-refractivity contribution in [3.05, 3.63) is 51.0 Å². The van der Waals surface area contributed by atoms with Gasteiger partial charge in [0.2, 0.25) is 0 Å². The summed E-state index contributed by atoms with van der Waals surface area (Å²) in [7, 11) is 0. The Bertz CT molecular complexity index is 591. The molecule has 3 rings (SSSR count). The van der Waals surface area contributed by atoms with Crippen molar-refractivity contribution in [2.24, 2.45) is 5.84 Å². The van der Waals surface area contributed by atoms with Gasteiger partial charge < -0.3 is 0 Å². The summed E-state index contributed by atoms with van der Waals surface area (Å²) in [5.74, 6) is 5.71. The Hall–Kier alpha value is -1.23. The Morgan fingerprint density at radius 1 is 1.30 bits per heavy atom. The second-order valence-electron chi connectivity index (χ2n) is 5.61. The van der Waals surface area contributed by atoms with Crippen molar-refractivity contribution >= 4 is 11.3 Å². The van der Waals surface area contributed by atoms with Crippen LogP contribution in [0.3, 0.4) is 0 Å². The van der Waals surface area contributed by atoms with Crippen molar-refractivity contribution in [2.45, 2.75) is 45.1 Å². The highest BCUT2D eigenvalue weighted by atomic mass is 32.1. The molecule has 20 heavy (non-hydrogen) atoms. The van der Waals surface area contributed by atoms with Crippen molar-refractivity contribution < 1.29 is 0 Å². The Labute approximate surface area is 124 Å². The fraction of sp³-hybridized carbons (Fsp3) is 0.438. The van der Waals surface area contributed by atoms with Crippen LogP contribution in [-0.4, -0.2) is 11.0 Å². The molecule has 0 bridgehead atoms. The summed E-state index contributed by atoms with van der Waals surface area (Å²) in [4.78, 5) is 4.52. The minimum atomic E-state index is 0.250. The molecule has 2 aromatic rings. The smallest absolute Gasteiger partial charge is 0.0944 e. The van der Waals surface area contributed by atoms with E-state index in [2.05, 4.69) is 34.0 Å². The molecule has 1 aliphatic carbocycles. The third kappa shape index (κ3) is 3.08. The zero-order chi connectivity index (χ0) is 13.9. The van der Waals surface area contributed by atoms with Gasteiger partial charge in [0.1, 0.15) is 0 Å². The number of hydrogen-bond acceptors (Lipinski definition) is 4. The largest absolute Gasteiger partial charge is 0.271 e. The average molecular weight is 287 g/mol. The number of thiazole rings is 1. The lowest BCUT2D eigenvalue weighted by Gasteiger charge is -2.15. The predicted molar refractivity (Wildman–Crippen MR) is 83.8 cm³/mol. The summed E-state index contributed by atoms with van der Waals surface area (Å²) in [6, 6.07) is 7.15. The molecule has 4 heteroatoms. The molecule has 0 radical (unpaired) electrons. The molecule has 1 atom stereocenters. The van der Waals surface area contributed by atoms with E-state index in [9.17, 15) is 0 Å². The fourth-order valence-corrected chi connectivity index (χ4v) is 3.79. The Morgan fingerprint density at radius 3 is 2.90 bits per heavy atom. The summed E-state index contributed by atoms with van der Waals surface area (Å²) < 4.78 is 0. The number of rotatable bonds is 5. The van der Waals surface area contributed by atoms with Gasteiger partial charge in [-0.15, -0.1) is 11.3 Å². The zero-order valence-electron chi connectivity index (χ0n) is 11.9. The van der Waals surface area contributed by atoms with Crippen molar-refractivity contribution in [1.29, 1.82) is 0 Å².